The molecule has 1 heterocycles. The van der Waals surface area contributed by atoms with Gasteiger partial charge in [0.1, 0.15) is 11.9 Å². The number of hydrogen-bond acceptors (Lipinski definition) is 2. The standard InChI is InChI=1S/C13H15FIN3OS/c1-4-17(3)12(19)7(2)18-11-5-8(14)9(15)6-10(11)16-13(18)20/h5-7H,4H2,1-3H3,(H,16,20). The number of carbonyl (C=O) groups excluding carboxylic acids is 1. The number of benzene rings is 1. The second kappa shape index (κ2) is 5.80. The van der Waals surface area contributed by atoms with Gasteiger partial charge in [-0.1, -0.05) is 0 Å². The number of hydrogen-bond donors (Lipinski definition) is 1. The molecule has 108 valence electrons. The van der Waals surface area contributed by atoms with Crippen LogP contribution in [0, 0.1) is 14.2 Å². The Bertz CT molecular complexity index is 724. The van der Waals surface area contributed by atoms with E-state index in [1.165, 1.54) is 6.07 Å². The largest absolute Gasteiger partial charge is 0.344 e. The zero-order chi connectivity index (χ0) is 15.0. The second-order valence-corrected chi connectivity index (χ2v) is 6.16. The molecule has 1 amide bonds. The number of nitrogens with zero attached hydrogens (tertiary/aromatic N) is 2. The van der Waals surface area contributed by atoms with Crippen molar-refractivity contribution in [2.75, 3.05) is 13.6 Å². The fourth-order valence-electron chi connectivity index (χ4n) is 2.09. The van der Waals surface area contributed by atoms with Gasteiger partial charge < -0.3 is 14.5 Å². The number of likely N-dealkylation sites (N-methyl/N-ethyl adjacent to an activating group) is 1. The van der Waals surface area contributed by atoms with Crippen molar-refractivity contribution in [2.45, 2.75) is 19.9 Å². The number of rotatable bonds is 3. The molecule has 20 heavy (non-hydrogen) atoms. The molecular formula is C13H15FIN3OS. The van der Waals surface area contributed by atoms with Crippen molar-refractivity contribution in [3.8, 4) is 0 Å². The quantitative estimate of drug-likeness (QED) is 0.626. The van der Waals surface area contributed by atoms with E-state index in [0.29, 0.717) is 20.4 Å². The van der Waals surface area contributed by atoms with E-state index in [1.54, 1.807) is 29.5 Å². The van der Waals surface area contributed by atoms with Crippen molar-refractivity contribution in [1.29, 1.82) is 0 Å². The molecule has 1 atom stereocenters. The van der Waals surface area contributed by atoms with Gasteiger partial charge in [0.2, 0.25) is 5.91 Å². The van der Waals surface area contributed by atoms with Crippen LogP contribution >= 0.6 is 34.8 Å². The van der Waals surface area contributed by atoms with E-state index < -0.39 is 6.04 Å². The van der Waals surface area contributed by atoms with Gasteiger partial charge >= 0.3 is 0 Å². The third-order valence-corrected chi connectivity index (χ3v) is 4.48. The Morgan fingerprint density at radius 1 is 1.60 bits per heavy atom. The molecule has 0 saturated heterocycles. The van der Waals surface area contributed by atoms with Gasteiger partial charge in [-0.15, -0.1) is 0 Å². The van der Waals surface area contributed by atoms with E-state index in [4.69, 9.17) is 12.2 Å². The lowest BCUT2D eigenvalue weighted by Crippen LogP contribution is -2.32. The third-order valence-electron chi connectivity index (χ3n) is 3.35. The molecule has 0 spiro atoms. The molecule has 1 aromatic heterocycles. The van der Waals surface area contributed by atoms with E-state index in [-0.39, 0.29) is 11.7 Å². The summed E-state index contributed by atoms with van der Waals surface area (Å²) in [7, 11) is 1.74. The van der Waals surface area contributed by atoms with Gasteiger partial charge in [0.15, 0.2) is 4.77 Å². The summed E-state index contributed by atoms with van der Waals surface area (Å²) in [5, 5.41) is 0. The third kappa shape index (κ3) is 2.60. The van der Waals surface area contributed by atoms with Gasteiger partial charge in [-0.2, -0.15) is 0 Å². The first-order valence-corrected chi connectivity index (χ1v) is 7.69. The summed E-state index contributed by atoms with van der Waals surface area (Å²) in [5.74, 6) is -0.368. The van der Waals surface area contributed by atoms with Crippen LogP contribution in [-0.4, -0.2) is 34.0 Å². The average molecular weight is 407 g/mol. The number of halogens is 2. The second-order valence-electron chi connectivity index (χ2n) is 4.61. The lowest BCUT2D eigenvalue weighted by molar-refractivity contribution is -0.132. The van der Waals surface area contributed by atoms with E-state index in [2.05, 4.69) is 4.98 Å². The summed E-state index contributed by atoms with van der Waals surface area (Å²) < 4.78 is 16.4. The normalized spacial score (nSPS) is 12.7. The van der Waals surface area contributed by atoms with Crippen molar-refractivity contribution in [2.24, 2.45) is 0 Å². The number of fused-ring (bicyclic) bond motifs is 1. The van der Waals surface area contributed by atoms with Crippen molar-refractivity contribution >= 4 is 51.7 Å². The highest BCUT2D eigenvalue weighted by Gasteiger charge is 2.21. The van der Waals surface area contributed by atoms with Crippen molar-refractivity contribution in [3.05, 3.63) is 26.3 Å². The van der Waals surface area contributed by atoms with E-state index >= 15 is 0 Å². The maximum absolute atomic E-state index is 13.8. The first kappa shape index (κ1) is 15.4. The zero-order valence-corrected chi connectivity index (χ0v) is 14.4. The lowest BCUT2D eigenvalue weighted by Gasteiger charge is -2.21. The van der Waals surface area contributed by atoms with Crippen LogP contribution in [0.2, 0.25) is 0 Å². The molecule has 1 aromatic carbocycles. The van der Waals surface area contributed by atoms with E-state index in [9.17, 15) is 9.18 Å². The fourth-order valence-corrected chi connectivity index (χ4v) is 2.92. The molecule has 0 aliphatic carbocycles. The molecule has 0 fully saturated rings. The molecule has 0 bridgehead atoms. The Morgan fingerprint density at radius 3 is 2.85 bits per heavy atom. The lowest BCUT2D eigenvalue weighted by atomic mass is 10.2. The average Bonchev–Trinajstić information content (AvgIpc) is 2.72. The molecule has 1 unspecified atom stereocenters. The maximum atomic E-state index is 13.8. The van der Waals surface area contributed by atoms with Crippen LogP contribution < -0.4 is 0 Å². The van der Waals surface area contributed by atoms with Gasteiger partial charge in [0, 0.05) is 19.7 Å². The number of H-pyrrole nitrogens is 1. The van der Waals surface area contributed by atoms with Crippen LogP contribution in [0.4, 0.5) is 4.39 Å². The van der Waals surface area contributed by atoms with Crippen molar-refractivity contribution < 1.29 is 9.18 Å². The van der Waals surface area contributed by atoms with Gasteiger partial charge in [0.25, 0.3) is 0 Å². The van der Waals surface area contributed by atoms with Crippen LogP contribution in [0.15, 0.2) is 12.1 Å². The first-order valence-electron chi connectivity index (χ1n) is 6.21. The summed E-state index contributed by atoms with van der Waals surface area (Å²) in [6.07, 6.45) is 0. The monoisotopic (exact) mass is 407 g/mol. The molecule has 0 aliphatic heterocycles. The number of carbonyl (C=O) groups is 1. The van der Waals surface area contributed by atoms with E-state index in [1.807, 2.05) is 29.5 Å². The highest BCUT2D eigenvalue weighted by Crippen LogP contribution is 2.24. The van der Waals surface area contributed by atoms with Gasteiger partial charge in [-0.05, 0) is 54.7 Å². The highest BCUT2D eigenvalue weighted by molar-refractivity contribution is 14.1. The summed E-state index contributed by atoms with van der Waals surface area (Å²) in [6, 6.07) is 2.64. The van der Waals surface area contributed by atoms with Gasteiger partial charge in [-0.25, -0.2) is 4.39 Å². The maximum Gasteiger partial charge on any atom is 0.245 e. The van der Waals surface area contributed by atoms with Crippen LogP contribution in [-0.2, 0) is 4.79 Å². The Balaban J connectivity index is 2.59. The molecule has 4 nitrogen and oxygen atoms in total. The first-order chi connectivity index (χ1) is 9.36. The molecule has 2 aromatic rings. The molecule has 2 rings (SSSR count). The van der Waals surface area contributed by atoms with Crippen LogP contribution in [0.5, 0.6) is 0 Å². The predicted molar refractivity (Wildman–Crippen MR) is 87.8 cm³/mol. The predicted octanol–water partition coefficient (Wildman–Crippen LogP) is 3.48. The Hall–Kier alpha value is -0.960. The number of aromatic amines is 1. The summed E-state index contributed by atoms with van der Waals surface area (Å²) in [6.45, 7) is 4.29. The molecular weight excluding hydrogens is 392 g/mol. The molecule has 1 N–H and O–H groups in total. The highest BCUT2D eigenvalue weighted by atomic mass is 127. The minimum atomic E-state index is -0.472. The number of amides is 1. The van der Waals surface area contributed by atoms with Crippen LogP contribution in [0.3, 0.4) is 0 Å². The molecule has 0 saturated carbocycles. The Morgan fingerprint density at radius 2 is 2.25 bits per heavy atom. The summed E-state index contributed by atoms with van der Waals surface area (Å²) in [5.41, 5.74) is 1.35. The topological polar surface area (TPSA) is 41.0 Å². The van der Waals surface area contributed by atoms with Gasteiger partial charge in [0.05, 0.1) is 14.6 Å². The smallest absolute Gasteiger partial charge is 0.245 e. The Kier molecular flexibility index (Phi) is 4.48. The Labute approximate surface area is 135 Å². The zero-order valence-electron chi connectivity index (χ0n) is 11.4. The fraction of sp³-hybridized carbons (Fsp3) is 0.385. The van der Waals surface area contributed by atoms with Gasteiger partial charge in [-0.3, -0.25) is 4.79 Å². The number of aromatic nitrogens is 2. The summed E-state index contributed by atoms with van der Waals surface area (Å²) in [4.78, 5) is 16.9. The molecule has 7 heteroatoms. The minimum Gasteiger partial charge on any atom is -0.344 e. The van der Waals surface area contributed by atoms with Crippen LogP contribution in [0.25, 0.3) is 11.0 Å². The number of imidazole rings is 1. The number of nitrogens with one attached hydrogen (secondary N) is 1. The van der Waals surface area contributed by atoms with E-state index in [0.717, 1.165) is 5.52 Å². The van der Waals surface area contributed by atoms with Crippen molar-refractivity contribution in [3.63, 3.8) is 0 Å². The SMILES string of the molecule is CCN(C)C(=O)C(C)n1c(=S)[nH]c2cc(I)c(F)cc21. The molecule has 0 aliphatic rings. The van der Waals surface area contributed by atoms with Crippen molar-refractivity contribution in [1.82, 2.24) is 14.5 Å². The van der Waals surface area contributed by atoms with Crippen LogP contribution in [0.1, 0.15) is 19.9 Å². The minimum absolute atomic E-state index is 0.0524. The summed E-state index contributed by atoms with van der Waals surface area (Å²) >= 11 is 7.20. The molecule has 0 radical (unpaired) electrons.